The molecule has 0 aromatic heterocycles. The zero-order chi connectivity index (χ0) is 12.7. The number of benzene rings is 1. The van der Waals surface area contributed by atoms with Crippen molar-refractivity contribution in [1.82, 2.24) is 5.32 Å². The summed E-state index contributed by atoms with van der Waals surface area (Å²) in [6.07, 6.45) is 0.799. The van der Waals surface area contributed by atoms with Crippen LogP contribution in [0.4, 0.5) is 0 Å². The zero-order valence-electron chi connectivity index (χ0n) is 9.73. The van der Waals surface area contributed by atoms with E-state index in [9.17, 15) is 4.79 Å². The molecule has 92 valence electrons. The summed E-state index contributed by atoms with van der Waals surface area (Å²) in [4.78, 5) is 12.0. The van der Waals surface area contributed by atoms with Crippen LogP contribution >= 0.6 is 12.2 Å². The number of amides is 1. The van der Waals surface area contributed by atoms with Crippen LogP contribution in [-0.4, -0.2) is 31.2 Å². The van der Waals surface area contributed by atoms with Crippen LogP contribution in [0.15, 0.2) is 24.3 Å². The van der Waals surface area contributed by atoms with Gasteiger partial charge in [0.15, 0.2) is 0 Å². The second-order valence-corrected chi connectivity index (χ2v) is 3.98. The first kappa shape index (κ1) is 13.6. The average molecular weight is 252 g/mol. The Hall–Kier alpha value is -1.46. The zero-order valence-corrected chi connectivity index (χ0v) is 10.5. The molecule has 4 nitrogen and oxygen atoms in total. The highest BCUT2D eigenvalue weighted by Crippen LogP contribution is 2.04. The monoisotopic (exact) mass is 252 g/mol. The number of nitrogens with one attached hydrogen (secondary N) is 1. The fourth-order valence-corrected chi connectivity index (χ4v) is 1.44. The van der Waals surface area contributed by atoms with E-state index in [0.717, 1.165) is 12.0 Å². The Kier molecular flexibility index (Phi) is 5.59. The van der Waals surface area contributed by atoms with Crippen molar-refractivity contribution < 1.29 is 9.53 Å². The SMILES string of the molecule is COCCCNC(=O)c1ccc(C(N)=S)cc1. The second-order valence-electron chi connectivity index (χ2n) is 3.54. The third kappa shape index (κ3) is 4.50. The van der Waals surface area contributed by atoms with Gasteiger partial charge in [-0.05, 0) is 18.6 Å². The van der Waals surface area contributed by atoms with Crippen molar-refractivity contribution in [3.05, 3.63) is 35.4 Å². The Bertz CT molecular complexity index is 390. The Morgan fingerprint density at radius 2 is 1.94 bits per heavy atom. The minimum absolute atomic E-state index is 0.101. The summed E-state index contributed by atoms with van der Waals surface area (Å²) in [6, 6.07) is 6.90. The van der Waals surface area contributed by atoms with Gasteiger partial charge in [0, 0.05) is 31.4 Å². The maximum atomic E-state index is 11.7. The van der Waals surface area contributed by atoms with Gasteiger partial charge in [-0.3, -0.25) is 4.79 Å². The minimum Gasteiger partial charge on any atom is -0.389 e. The summed E-state index contributed by atoms with van der Waals surface area (Å²) in [5, 5.41) is 2.80. The number of hydrogen-bond acceptors (Lipinski definition) is 3. The molecule has 3 N–H and O–H groups in total. The van der Waals surface area contributed by atoms with Crippen molar-refractivity contribution in [2.45, 2.75) is 6.42 Å². The normalized spacial score (nSPS) is 9.94. The van der Waals surface area contributed by atoms with Gasteiger partial charge in [-0.15, -0.1) is 0 Å². The molecule has 1 aromatic carbocycles. The lowest BCUT2D eigenvalue weighted by molar-refractivity contribution is 0.0948. The Balaban J connectivity index is 2.49. The van der Waals surface area contributed by atoms with Crippen LogP contribution in [0.1, 0.15) is 22.3 Å². The van der Waals surface area contributed by atoms with Gasteiger partial charge in [-0.1, -0.05) is 24.4 Å². The highest BCUT2D eigenvalue weighted by molar-refractivity contribution is 7.80. The molecule has 0 atom stereocenters. The van der Waals surface area contributed by atoms with Gasteiger partial charge in [-0.25, -0.2) is 0 Å². The molecule has 0 aliphatic rings. The molecule has 0 aliphatic heterocycles. The molecule has 1 amide bonds. The van der Waals surface area contributed by atoms with Crippen LogP contribution in [0.3, 0.4) is 0 Å². The first-order chi connectivity index (χ1) is 8.15. The Morgan fingerprint density at radius 1 is 1.35 bits per heavy atom. The lowest BCUT2D eigenvalue weighted by Crippen LogP contribution is -2.25. The molecule has 17 heavy (non-hydrogen) atoms. The van der Waals surface area contributed by atoms with E-state index < -0.39 is 0 Å². The molecule has 0 fully saturated rings. The quantitative estimate of drug-likeness (QED) is 0.587. The summed E-state index contributed by atoms with van der Waals surface area (Å²) in [7, 11) is 1.64. The number of carbonyl (C=O) groups excluding carboxylic acids is 1. The number of rotatable bonds is 6. The molecule has 0 aliphatic carbocycles. The lowest BCUT2D eigenvalue weighted by Gasteiger charge is -2.05. The Morgan fingerprint density at radius 3 is 2.47 bits per heavy atom. The van der Waals surface area contributed by atoms with Crippen molar-refractivity contribution in [1.29, 1.82) is 0 Å². The Labute approximate surface area is 106 Å². The predicted molar refractivity (Wildman–Crippen MR) is 71.2 cm³/mol. The first-order valence-corrected chi connectivity index (χ1v) is 5.73. The van der Waals surface area contributed by atoms with Crippen LogP contribution < -0.4 is 11.1 Å². The van der Waals surface area contributed by atoms with Crippen molar-refractivity contribution in [3.63, 3.8) is 0 Å². The van der Waals surface area contributed by atoms with Crippen molar-refractivity contribution >= 4 is 23.1 Å². The molecular weight excluding hydrogens is 236 g/mol. The van der Waals surface area contributed by atoms with Gasteiger partial charge in [0.2, 0.25) is 0 Å². The maximum absolute atomic E-state index is 11.7. The molecule has 0 bridgehead atoms. The molecular formula is C12H16N2O2S. The third-order valence-electron chi connectivity index (χ3n) is 2.24. The minimum atomic E-state index is -0.101. The van der Waals surface area contributed by atoms with Crippen LogP contribution in [0.25, 0.3) is 0 Å². The van der Waals surface area contributed by atoms with Crippen LogP contribution in [0, 0.1) is 0 Å². The van der Waals surface area contributed by atoms with Crippen molar-refractivity contribution in [2.24, 2.45) is 5.73 Å². The van der Waals surface area contributed by atoms with E-state index in [1.807, 2.05) is 0 Å². The van der Waals surface area contributed by atoms with E-state index in [1.54, 1.807) is 31.4 Å². The summed E-state index contributed by atoms with van der Waals surface area (Å²) in [6.45, 7) is 1.24. The smallest absolute Gasteiger partial charge is 0.251 e. The largest absolute Gasteiger partial charge is 0.389 e. The molecule has 5 heteroatoms. The van der Waals surface area contributed by atoms with Crippen LogP contribution in [0.2, 0.25) is 0 Å². The fraction of sp³-hybridized carbons (Fsp3) is 0.333. The van der Waals surface area contributed by atoms with Crippen LogP contribution in [0.5, 0.6) is 0 Å². The number of nitrogens with two attached hydrogens (primary N) is 1. The fourth-order valence-electron chi connectivity index (χ4n) is 1.31. The van der Waals surface area contributed by atoms with Gasteiger partial charge in [0.25, 0.3) is 5.91 Å². The first-order valence-electron chi connectivity index (χ1n) is 5.32. The summed E-state index contributed by atoms with van der Waals surface area (Å²) < 4.78 is 4.89. The maximum Gasteiger partial charge on any atom is 0.251 e. The van der Waals surface area contributed by atoms with Gasteiger partial charge in [-0.2, -0.15) is 0 Å². The summed E-state index contributed by atoms with van der Waals surface area (Å²) >= 11 is 4.83. The van der Waals surface area contributed by atoms with Crippen LogP contribution in [-0.2, 0) is 4.74 Å². The standard InChI is InChI=1S/C12H16N2O2S/c1-16-8-2-7-14-12(15)10-5-3-9(4-6-10)11(13)17/h3-6H,2,7-8H2,1H3,(H2,13,17)(H,14,15). The number of carbonyl (C=O) groups is 1. The highest BCUT2D eigenvalue weighted by atomic mass is 32.1. The summed E-state index contributed by atoms with van der Waals surface area (Å²) in [5.74, 6) is -0.101. The molecule has 0 saturated heterocycles. The third-order valence-corrected chi connectivity index (χ3v) is 2.48. The molecule has 0 spiro atoms. The van der Waals surface area contributed by atoms with E-state index in [4.69, 9.17) is 22.7 Å². The van der Waals surface area contributed by atoms with Gasteiger partial charge in [0.1, 0.15) is 4.99 Å². The number of ether oxygens (including phenoxy) is 1. The molecule has 0 unspecified atom stereocenters. The summed E-state index contributed by atoms with van der Waals surface area (Å²) in [5.41, 5.74) is 6.83. The number of thiocarbonyl (C=S) groups is 1. The van der Waals surface area contributed by atoms with Gasteiger partial charge in [0.05, 0.1) is 0 Å². The molecule has 1 rings (SSSR count). The van der Waals surface area contributed by atoms with E-state index in [0.29, 0.717) is 23.7 Å². The molecule has 0 saturated carbocycles. The molecule has 0 heterocycles. The van der Waals surface area contributed by atoms with Crippen molar-refractivity contribution in [3.8, 4) is 0 Å². The second kappa shape index (κ2) is 6.98. The topological polar surface area (TPSA) is 64.3 Å². The predicted octanol–water partition coefficient (Wildman–Crippen LogP) is 1.09. The van der Waals surface area contributed by atoms with Gasteiger partial charge >= 0.3 is 0 Å². The van der Waals surface area contributed by atoms with Crippen molar-refractivity contribution in [2.75, 3.05) is 20.3 Å². The van der Waals surface area contributed by atoms with E-state index in [2.05, 4.69) is 5.32 Å². The molecule has 0 radical (unpaired) electrons. The van der Waals surface area contributed by atoms with E-state index in [-0.39, 0.29) is 5.91 Å². The number of hydrogen-bond donors (Lipinski definition) is 2. The highest BCUT2D eigenvalue weighted by Gasteiger charge is 2.04. The van der Waals surface area contributed by atoms with Gasteiger partial charge < -0.3 is 15.8 Å². The van der Waals surface area contributed by atoms with E-state index >= 15 is 0 Å². The number of methoxy groups -OCH3 is 1. The van der Waals surface area contributed by atoms with E-state index in [1.165, 1.54) is 0 Å². The molecule has 1 aromatic rings. The lowest BCUT2D eigenvalue weighted by atomic mass is 10.1. The average Bonchev–Trinajstić information content (AvgIpc) is 2.34.